The van der Waals surface area contributed by atoms with Gasteiger partial charge in [0.25, 0.3) is 5.91 Å². The van der Waals surface area contributed by atoms with Crippen molar-refractivity contribution >= 4 is 28.4 Å². The Balaban J connectivity index is 1.30. The number of fused-ring (bicyclic) bond motifs is 1. The van der Waals surface area contributed by atoms with E-state index in [-0.39, 0.29) is 5.91 Å². The van der Waals surface area contributed by atoms with Crippen LogP contribution in [0.2, 0.25) is 5.15 Å². The number of nitrogens with zero attached hydrogens (tertiary/aromatic N) is 2. The van der Waals surface area contributed by atoms with Crippen LogP contribution in [-0.4, -0.2) is 55.2 Å². The number of carbonyl (C=O) groups excluding carboxylic acids is 1. The first-order valence-electron chi connectivity index (χ1n) is 10.0. The van der Waals surface area contributed by atoms with Crippen LogP contribution >= 0.6 is 11.6 Å². The number of amides is 1. The van der Waals surface area contributed by atoms with E-state index in [0.29, 0.717) is 23.9 Å². The zero-order valence-corrected chi connectivity index (χ0v) is 17.4. The monoisotopic (exact) mass is 425 g/mol. The van der Waals surface area contributed by atoms with Crippen LogP contribution < -0.4 is 10.1 Å². The number of hydrogen-bond acceptors (Lipinski definition) is 5. The third-order valence-electron chi connectivity index (χ3n) is 5.05. The Morgan fingerprint density at radius 2 is 2.00 bits per heavy atom. The third-order valence-corrected chi connectivity index (χ3v) is 5.26. The van der Waals surface area contributed by atoms with E-state index < -0.39 is 0 Å². The number of ether oxygens (including phenoxy) is 2. The lowest BCUT2D eigenvalue weighted by Gasteiger charge is -2.26. The smallest absolute Gasteiger partial charge is 0.251 e. The molecule has 1 aliphatic heterocycles. The average molecular weight is 426 g/mol. The van der Waals surface area contributed by atoms with Gasteiger partial charge in [0.05, 0.1) is 18.7 Å². The van der Waals surface area contributed by atoms with Crippen LogP contribution in [0.5, 0.6) is 5.75 Å². The highest BCUT2D eigenvalue weighted by Gasteiger charge is 2.10. The second-order valence-corrected chi connectivity index (χ2v) is 7.56. The molecule has 7 heteroatoms. The van der Waals surface area contributed by atoms with Crippen molar-refractivity contribution in [2.75, 3.05) is 39.5 Å². The van der Waals surface area contributed by atoms with E-state index in [9.17, 15) is 4.79 Å². The predicted molar refractivity (Wildman–Crippen MR) is 117 cm³/mol. The molecule has 2 heterocycles. The van der Waals surface area contributed by atoms with Crippen LogP contribution in [0.1, 0.15) is 15.9 Å². The van der Waals surface area contributed by atoms with Crippen LogP contribution in [0.15, 0.2) is 54.6 Å². The van der Waals surface area contributed by atoms with E-state index >= 15 is 0 Å². The van der Waals surface area contributed by atoms with Crippen molar-refractivity contribution in [1.29, 1.82) is 0 Å². The van der Waals surface area contributed by atoms with Gasteiger partial charge < -0.3 is 14.8 Å². The summed E-state index contributed by atoms with van der Waals surface area (Å²) in [4.78, 5) is 19.1. The Morgan fingerprint density at radius 3 is 2.87 bits per heavy atom. The Morgan fingerprint density at radius 1 is 1.13 bits per heavy atom. The molecule has 1 aromatic heterocycles. The van der Waals surface area contributed by atoms with Crippen molar-refractivity contribution in [3.05, 3.63) is 70.9 Å². The summed E-state index contributed by atoms with van der Waals surface area (Å²) in [5.74, 6) is 0.675. The van der Waals surface area contributed by atoms with Gasteiger partial charge in [-0.3, -0.25) is 9.69 Å². The first kappa shape index (κ1) is 20.6. The predicted octanol–water partition coefficient (Wildman–Crippen LogP) is 3.53. The van der Waals surface area contributed by atoms with Crippen molar-refractivity contribution in [1.82, 2.24) is 15.2 Å². The Bertz CT molecular complexity index is 1020. The van der Waals surface area contributed by atoms with Crippen LogP contribution in [0, 0.1) is 0 Å². The van der Waals surface area contributed by atoms with Gasteiger partial charge in [-0.25, -0.2) is 4.98 Å². The molecule has 1 aliphatic rings. The summed E-state index contributed by atoms with van der Waals surface area (Å²) in [6, 6.07) is 16.8. The first-order chi connectivity index (χ1) is 14.7. The number of halogens is 1. The van der Waals surface area contributed by atoms with Gasteiger partial charge in [0, 0.05) is 37.1 Å². The standard InChI is InChI=1S/C23H24ClN3O3/c24-22-7-5-18-15-19(4-6-21(18)26-22)23(28)25-16-17-2-1-3-20(14-17)30-13-10-27-8-11-29-12-9-27/h1-7,14-15H,8-13,16H2,(H,25,28). The average Bonchev–Trinajstić information content (AvgIpc) is 2.78. The minimum atomic E-state index is -0.134. The number of morpholine rings is 1. The minimum Gasteiger partial charge on any atom is -0.492 e. The van der Waals surface area contributed by atoms with Crippen molar-refractivity contribution in [2.45, 2.75) is 6.54 Å². The fourth-order valence-electron chi connectivity index (χ4n) is 3.39. The van der Waals surface area contributed by atoms with E-state index in [1.165, 1.54) is 0 Å². The summed E-state index contributed by atoms with van der Waals surface area (Å²) in [6.45, 7) is 5.42. The Labute approximate surface area is 180 Å². The Kier molecular flexibility index (Phi) is 6.79. The number of aromatic nitrogens is 1. The molecule has 30 heavy (non-hydrogen) atoms. The highest BCUT2D eigenvalue weighted by atomic mass is 35.5. The second kappa shape index (κ2) is 9.89. The highest BCUT2D eigenvalue weighted by molar-refractivity contribution is 6.29. The lowest BCUT2D eigenvalue weighted by Crippen LogP contribution is -2.38. The maximum Gasteiger partial charge on any atom is 0.251 e. The fraction of sp³-hybridized carbons (Fsp3) is 0.304. The van der Waals surface area contributed by atoms with Crippen molar-refractivity contribution in [3.63, 3.8) is 0 Å². The van der Waals surface area contributed by atoms with Gasteiger partial charge in [0.1, 0.15) is 17.5 Å². The van der Waals surface area contributed by atoms with Gasteiger partial charge >= 0.3 is 0 Å². The van der Waals surface area contributed by atoms with Gasteiger partial charge in [-0.2, -0.15) is 0 Å². The number of hydrogen-bond donors (Lipinski definition) is 1. The summed E-state index contributed by atoms with van der Waals surface area (Å²) in [5.41, 5.74) is 2.34. The SMILES string of the molecule is O=C(NCc1cccc(OCCN2CCOCC2)c1)c1ccc2nc(Cl)ccc2c1. The fourth-order valence-corrected chi connectivity index (χ4v) is 3.54. The van der Waals surface area contributed by atoms with E-state index in [0.717, 1.165) is 55.1 Å². The maximum atomic E-state index is 12.6. The summed E-state index contributed by atoms with van der Waals surface area (Å²) in [5, 5.41) is 4.28. The zero-order chi connectivity index (χ0) is 20.8. The molecule has 1 N–H and O–H groups in total. The largest absolute Gasteiger partial charge is 0.492 e. The molecule has 1 fully saturated rings. The number of nitrogens with one attached hydrogen (secondary N) is 1. The maximum absolute atomic E-state index is 12.6. The molecule has 0 atom stereocenters. The highest BCUT2D eigenvalue weighted by Crippen LogP contribution is 2.18. The van der Waals surface area contributed by atoms with Crippen LogP contribution in [0.25, 0.3) is 10.9 Å². The topological polar surface area (TPSA) is 63.7 Å². The molecule has 2 aromatic carbocycles. The normalized spacial score (nSPS) is 14.6. The number of pyridine rings is 1. The zero-order valence-electron chi connectivity index (χ0n) is 16.6. The molecule has 6 nitrogen and oxygen atoms in total. The Hall–Kier alpha value is -2.67. The molecule has 1 amide bonds. The van der Waals surface area contributed by atoms with Gasteiger partial charge in [0.2, 0.25) is 0 Å². The molecule has 156 valence electrons. The van der Waals surface area contributed by atoms with Crippen molar-refractivity contribution in [2.24, 2.45) is 0 Å². The number of benzene rings is 2. The summed E-state index contributed by atoms with van der Waals surface area (Å²) in [6.07, 6.45) is 0. The van der Waals surface area contributed by atoms with E-state index in [1.807, 2.05) is 36.4 Å². The summed E-state index contributed by atoms with van der Waals surface area (Å²) >= 11 is 5.91. The van der Waals surface area contributed by atoms with E-state index in [1.54, 1.807) is 18.2 Å². The molecule has 0 saturated carbocycles. The molecule has 4 rings (SSSR count). The van der Waals surface area contributed by atoms with Crippen LogP contribution in [0.3, 0.4) is 0 Å². The van der Waals surface area contributed by atoms with Crippen molar-refractivity contribution < 1.29 is 14.3 Å². The van der Waals surface area contributed by atoms with Gasteiger partial charge in [-0.15, -0.1) is 0 Å². The molecule has 3 aromatic rings. The van der Waals surface area contributed by atoms with Gasteiger partial charge in [-0.05, 0) is 48.0 Å². The van der Waals surface area contributed by atoms with Gasteiger partial charge in [0.15, 0.2) is 0 Å². The molecular weight excluding hydrogens is 402 g/mol. The number of rotatable bonds is 7. The summed E-state index contributed by atoms with van der Waals surface area (Å²) < 4.78 is 11.2. The lowest BCUT2D eigenvalue weighted by molar-refractivity contribution is 0.0322. The molecule has 0 spiro atoms. The van der Waals surface area contributed by atoms with E-state index in [2.05, 4.69) is 15.2 Å². The van der Waals surface area contributed by atoms with Crippen LogP contribution in [0.4, 0.5) is 0 Å². The van der Waals surface area contributed by atoms with Crippen LogP contribution in [-0.2, 0) is 11.3 Å². The molecule has 0 bridgehead atoms. The lowest BCUT2D eigenvalue weighted by atomic mass is 10.1. The molecule has 0 radical (unpaired) electrons. The van der Waals surface area contributed by atoms with E-state index in [4.69, 9.17) is 21.1 Å². The summed E-state index contributed by atoms with van der Waals surface area (Å²) in [7, 11) is 0. The second-order valence-electron chi connectivity index (χ2n) is 7.17. The number of carbonyl (C=O) groups is 1. The minimum absolute atomic E-state index is 0.134. The molecule has 0 unspecified atom stereocenters. The first-order valence-corrected chi connectivity index (χ1v) is 10.4. The molecule has 1 saturated heterocycles. The molecular formula is C23H24ClN3O3. The quantitative estimate of drug-likeness (QED) is 0.587. The third kappa shape index (κ3) is 5.48. The van der Waals surface area contributed by atoms with Crippen molar-refractivity contribution in [3.8, 4) is 5.75 Å². The molecule has 0 aliphatic carbocycles. The van der Waals surface area contributed by atoms with Gasteiger partial charge in [-0.1, -0.05) is 23.7 Å².